The minimum Gasteiger partial charge on any atom is -0.447 e. The number of alkyl carbamates (subject to hydrolysis) is 1. The quantitative estimate of drug-likeness (QED) is 0.340. The summed E-state index contributed by atoms with van der Waals surface area (Å²) in [4.78, 5) is 24.1. The van der Waals surface area contributed by atoms with Crippen LogP contribution in [0, 0.1) is 0 Å². The number of ether oxygens (including phenoxy) is 3. The van der Waals surface area contributed by atoms with E-state index in [1.807, 2.05) is 30.3 Å². The number of amides is 2. The van der Waals surface area contributed by atoms with Crippen molar-refractivity contribution in [2.75, 3.05) is 33.5 Å². The van der Waals surface area contributed by atoms with Gasteiger partial charge in [-0.2, -0.15) is 0 Å². The highest BCUT2D eigenvalue weighted by atomic mass is 16.6. The predicted molar refractivity (Wildman–Crippen MR) is 119 cm³/mol. The summed E-state index contributed by atoms with van der Waals surface area (Å²) in [6.45, 7) is 5.05. The molecule has 4 N–H and O–H groups in total. The second-order valence-electron chi connectivity index (χ2n) is 7.92. The summed E-state index contributed by atoms with van der Waals surface area (Å²) in [6, 6.07) is 9.08. The Bertz CT molecular complexity index is 854. The van der Waals surface area contributed by atoms with E-state index in [-0.39, 0.29) is 19.1 Å². The lowest BCUT2D eigenvalue weighted by molar-refractivity contribution is -0.126. The maximum Gasteiger partial charge on any atom is 0.407 e. The van der Waals surface area contributed by atoms with Crippen LogP contribution >= 0.6 is 0 Å². The summed E-state index contributed by atoms with van der Waals surface area (Å²) in [7, 11) is 1.53. The van der Waals surface area contributed by atoms with Gasteiger partial charge in [-0.1, -0.05) is 30.3 Å². The van der Waals surface area contributed by atoms with Crippen molar-refractivity contribution in [1.82, 2.24) is 30.8 Å². The van der Waals surface area contributed by atoms with E-state index in [2.05, 4.69) is 26.2 Å². The lowest BCUT2D eigenvalue weighted by Crippen LogP contribution is -2.51. The zero-order valence-corrected chi connectivity index (χ0v) is 19.3. The Morgan fingerprint density at radius 3 is 2.67 bits per heavy atom. The molecule has 0 aliphatic rings. The molecule has 0 unspecified atom stereocenters. The van der Waals surface area contributed by atoms with E-state index in [0.717, 1.165) is 5.56 Å². The zero-order chi connectivity index (χ0) is 24.1. The van der Waals surface area contributed by atoms with Crippen LogP contribution in [0.2, 0.25) is 0 Å². The number of hydrogen-bond acceptors (Lipinski definition) is 9. The fraction of sp³-hybridized carbons (Fsp3) is 0.571. The number of nitrogens with one attached hydrogen (secondary N) is 2. The molecule has 182 valence electrons. The van der Waals surface area contributed by atoms with E-state index in [1.54, 1.807) is 18.5 Å². The summed E-state index contributed by atoms with van der Waals surface area (Å²) < 4.78 is 17.2. The molecular formula is C21H33N7O5. The second kappa shape index (κ2) is 13.5. The van der Waals surface area contributed by atoms with E-state index in [1.165, 1.54) is 7.11 Å². The second-order valence-corrected chi connectivity index (χ2v) is 7.92. The zero-order valence-electron chi connectivity index (χ0n) is 19.3. The van der Waals surface area contributed by atoms with Gasteiger partial charge in [0, 0.05) is 20.2 Å². The molecule has 33 heavy (non-hydrogen) atoms. The maximum atomic E-state index is 12.5. The number of aromatic nitrogens is 4. The summed E-state index contributed by atoms with van der Waals surface area (Å²) >= 11 is 0. The van der Waals surface area contributed by atoms with Crippen LogP contribution in [0.4, 0.5) is 4.79 Å². The number of nitrogens with zero attached hydrogens (tertiary/aromatic N) is 4. The van der Waals surface area contributed by atoms with Gasteiger partial charge in [-0.05, 0) is 36.3 Å². The van der Waals surface area contributed by atoms with E-state index in [9.17, 15) is 9.59 Å². The summed E-state index contributed by atoms with van der Waals surface area (Å²) in [5.74, 6) is 0.0779. The summed E-state index contributed by atoms with van der Waals surface area (Å²) in [6.07, 6.45) is 0.0272. The van der Waals surface area contributed by atoms with Crippen LogP contribution in [-0.2, 0) is 32.2 Å². The van der Waals surface area contributed by atoms with Gasteiger partial charge in [0.25, 0.3) is 0 Å². The topological polar surface area (TPSA) is 156 Å². The SMILES string of the molecule is COCCOC(=O)NCCCn1nnnc1[C@@H](COCc1ccccc1)NC(=O)C(C)(C)N. The maximum absolute atomic E-state index is 12.5. The first kappa shape index (κ1) is 26.2. The van der Waals surface area contributed by atoms with Gasteiger partial charge in [0.15, 0.2) is 5.82 Å². The molecule has 0 spiro atoms. The molecular weight excluding hydrogens is 430 g/mol. The number of rotatable bonds is 14. The largest absolute Gasteiger partial charge is 0.447 e. The molecule has 2 rings (SSSR count). The Morgan fingerprint density at radius 2 is 1.97 bits per heavy atom. The first-order valence-electron chi connectivity index (χ1n) is 10.7. The van der Waals surface area contributed by atoms with Gasteiger partial charge >= 0.3 is 6.09 Å². The van der Waals surface area contributed by atoms with Gasteiger partial charge in [0.2, 0.25) is 5.91 Å². The monoisotopic (exact) mass is 463 g/mol. The lowest BCUT2D eigenvalue weighted by Gasteiger charge is -2.23. The Balaban J connectivity index is 1.94. The van der Waals surface area contributed by atoms with Crippen LogP contribution in [0.25, 0.3) is 0 Å². The van der Waals surface area contributed by atoms with Gasteiger partial charge in [-0.15, -0.1) is 5.10 Å². The third-order valence-electron chi connectivity index (χ3n) is 4.49. The molecule has 1 aromatic carbocycles. The van der Waals surface area contributed by atoms with Crippen molar-refractivity contribution in [3.63, 3.8) is 0 Å². The van der Waals surface area contributed by atoms with Crippen molar-refractivity contribution in [3.8, 4) is 0 Å². The molecule has 2 amide bonds. The highest BCUT2D eigenvalue weighted by Gasteiger charge is 2.28. The molecule has 2 aromatic rings. The summed E-state index contributed by atoms with van der Waals surface area (Å²) in [5.41, 5.74) is 5.86. The van der Waals surface area contributed by atoms with E-state index >= 15 is 0 Å². The smallest absolute Gasteiger partial charge is 0.407 e. The minimum atomic E-state index is -1.08. The first-order chi connectivity index (χ1) is 15.8. The van der Waals surface area contributed by atoms with Crippen molar-refractivity contribution < 1.29 is 23.8 Å². The molecule has 0 radical (unpaired) electrons. The van der Waals surface area contributed by atoms with Crippen molar-refractivity contribution >= 4 is 12.0 Å². The molecule has 0 bridgehead atoms. The van der Waals surface area contributed by atoms with Crippen LogP contribution in [0.3, 0.4) is 0 Å². The van der Waals surface area contributed by atoms with Gasteiger partial charge in [-0.3, -0.25) is 4.79 Å². The highest BCUT2D eigenvalue weighted by molar-refractivity contribution is 5.85. The van der Waals surface area contributed by atoms with Crippen LogP contribution in [0.1, 0.15) is 37.7 Å². The molecule has 0 fully saturated rings. The van der Waals surface area contributed by atoms with Crippen LogP contribution < -0.4 is 16.4 Å². The molecule has 0 aliphatic heterocycles. The number of nitrogens with two attached hydrogens (primary N) is 1. The molecule has 0 saturated heterocycles. The molecule has 12 nitrogen and oxygen atoms in total. The van der Waals surface area contributed by atoms with Gasteiger partial charge < -0.3 is 30.6 Å². The van der Waals surface area contributed by atoms with Crippen LogP contribution in [0.15, 0.2) is 30.3 Å². The number of carbonyl (C=O) groups excluding carboxylic acids is 2. The number of methoxy groups -OCH3 is 1. The standard InChI is InChI=1S/C21H33N7O5/c1-21(2,22)19(29)24-17(15-32-14-16-8-5-4-6-9-16)18-25-26-27-28(18)11-7-10-23-20(30)33-13-12-31-3/h4-6,8-9,17H,7,10-15,22H2,1-3H3,(H,23,30)(H,24,29)/t17-/m1/s1. The average Bonchev–Trinajstić information content (AvgIpc) is 3.24. The first-order valence-corrected chi connectivity index (χ1v) is 10.7. The predicted octanol–water partition coefficient (Wildman–Crippen LogP) is 0.547. The number of carbonyl (C=O) groups is 2. The number of aryl methyl sites for hydroxylation is 1. The van der Waals surface area contributed by atoms with Crippen molar-refractivity contribution in [2.24, 2.45) is 5.73 Å². The van der Waals surface area contributed by atoms with Crippen LogP contribution in [-0.4, -0.2) is 71.2 Å². The normalized spacial score (nSPS) is 12.2. The Kier molecular flexibility index (Phi) is 10.7. The molecule has 1 aromatic heterocycles. The summed E-state index contributed by atoms with van der Waals surface area (Å²) in [5, 5.41) is 17.3. The Morgan fingerprint density at radius 1 is 1.21 bits per heavy atom. The van der Waals surface area contributed by atoms with Crippen molar-refractivity contribution in [3.05, 3.63) is 41.7 Å². The van der Waals surface area contributed by atoms with Crippen molar-refractivity contribution in [2.45, 2.75) is 45.0 Å². The molecule has 0 saturated carbocycles. The average molecular weight is 464 g/mol. The lowest BCUT2D eigenvalue weighted by atomic mass is 10.1. The van der Waals surface area contributed by atoms with Gasteiger partial charge in [0.05, 0.1) is 25.4 Å². The minimum absolute atomic E-state index is 0.154. The number of benzene rings is 1. The number of tetrazole rings is 1. The molecule has 0 aliphatic carbocycles. The molecule has 12 heteroatoms. The van der Waals surface area contributed by atoms with E-state index in [0.29, 0.717) is 38.5 Å². The van der Waals surface area contributed by atoms with E-state index in [4.69, 9.17) is 19.9 Å². The van der Waals surface area contributed by atoms with Gasteiger partial charge in [-0.25, -0.2) is 9.48 Å². The molecule has 1 atom stereocenters. The fourth-order valence-corrected chi connectivity index (χ4v) is 2.70. The van der Waals surface area contributed by atoms with Crippen LogP contribution in [0.5, 0.6) is 0 Å². The highest BCUT2D eigenvalue weighted by Crippen LogP contribution is 2.13. The third-order valence-corrected chi connectivity index (χ3v) is 4.49. The Hall–Kier alpha value is -3.09. The Labute approximate surface area is 193 Å². The number of hydrogen-bond donors (Lipinski definition) is 3. The molecule has 1 heterocycles. The van der Waals surface area contributed by atoms with Gasteiger partial charge in [0.1, 0.15) is 12.6 Å². The fourth-order valence-electron chi connectivity index (χ4n) is 2.70. The van der Waals surface area contributed by atoms with E-state index < -0.39 is 17.7 Å². The van der Waals surface area contributed by atoms with Crippen molar-refractivity contribution in [1.29, 1.82) is 0 Å². The third kappa shape index (κ3) is 9.51.